The average molecular weight is 814 g/mol. The summed E-state index contributed by atoms with van der Waals surface area (Å²) in [5.41, 5.74) is 9.44. The van der Waals surface area contributed by atoms with E-state index >= 15 is 0 Å². The summed E-state index contributed by atoms with van der Waals surface area (Å²) >= 11 is 0. The van der Waals surface area contributed by atoms with Gasteiger partial charge in [0.15, 0.2) is 0 Å². The number of alkyl halides is 2. The first-order chi connectivity index (χ1) is 28.9. The van der Waals surface area contributed by atoms with E-state index in [4.69, 9.17) is 0 Å². The molecule has 0 saturated carbocycles. The molecule has 14 heteroatoms. The highest BCUT2D eigenvalue weighted by molar-refractivity contribution is 6.09. The third kappa shape index (κ3) is 8.20. The van der Waals surface area contributed by atoms with Gasteiger partial charge in [-0.2, -0.15) is 0 Å². The maximum atomic E-state index is 14.2. The molecule has 1 unspecified atom stereocenters. The Morgan fingerprint density at radius 1 is 1.05 bits per heavy atom. The van der Waals surface area contributed by atoms with Gasteiger partial charge in [-0.25, -0.2) is 8.78 Å². The van der Waals surface area contributed by atoms with Gasteiger partial charge in [-0.15, -0.1) is 0 Å². The molecule has 3 aliphatic heterocycles. The van der Waals surface area contributed by atoms with Crippen molar-refractivity contribution in [3.05, 3.63) is 112 Å². The van der Waals surface area contributed by atoms with Crippen molar-refractivity contribution in [2.24, 2.45) is 0 Å². The summed E-state index contributed by atoms with van der Waals surface area (Å²) in [5, 5.41) is 8.35. The van der Waals surface area contributed by atoms with Crippen molar-refractivity contribution in [2.75, 3.05) is 25.0 Å². The lowest BCUT2D eigenvalue weighted by molar-refractivity contribution is -0.137. The number of aryl methyl sites for hydroxylation is 1. The third-order valence-electron chi connectivity index (χ3n) is 11.1. The SMILES string of the molecule is CNC(=O)c1c[nH]c2c(C(C)C)cc(N3CCc4cc(-c5ccc(C)nc5)c(C(F)F)cc43)cc12.O=CNCCC#Cc1cccc2c1CN(C1CCC(=O)NC1=O)C2=O. The number of anilines is 2. The standard InChI is InChI=1S/C28H28F2N4O.C18H17N3O4/c1-15(2)20-10-19(11-22-24(28(35)31-4)14-33-26(20)22)34-8-7-17-9-21(18-6-5-16(3)32-13-18)23(27(29)30)12-25(17)34;22-11-19-9-2-1-4-12-5-3-6-13-14(12)10-21(18(13)25)15-7-8-16(23)20-17(15)24/h5-6,9-15,27,33H,7-8H2,1-4H3,(H,31,35);3,5-6,11,15H,2,7-10H2,(H,19,22)(H,20,23,24). The van der Waals surface area contributed by atoms with Crippen LogP contribution in [0.2, 0.25) is 0 Å². The van der Waals surface area contributed by atoms with Crippen LogP contribution >= 0.6 is 0 Å². The number of H-pyrrole nitrogens is 1. The summed E-state index contributed by atoms with van der Waals surface area (Å²) in [6.07, 6.45) is 3.22. The fraction of sp³-hybridized carbons (Fsp3) is 0.304. The minimum Gasteiger partial charge on any atom is -0.360 e. The molecule has 5 amide bonds. The summed E-state index contributed by atoms with van der Waals surface area (Å²) in [4.78, 5) is 69.8. The van der Waals surface area contributed by atoms with Crippen LogP contribution in [-0.2, 0) is 27.3 Å². The number of carbonyl (C=O) groups is 5. The molecule has 1 atom stereocenters. The van der Waals surface area contributed by atoms with Crippen LogP contribution in [0.1, 0.15) is 99.7 Å². The van der Waals surface area contributed by atoms with Crippen molar-refractivity contribution in [1.29, 1.82) is 0 Å². The second kappa shape index (κ2) is 17.5. The second-order valence-corrected chi connectivity index (χ2v) is 15.2. The number of benzene rings is 3. The van der Waals surface area contributed by atoms with Gasteiger partial charge in [-0.3, -0.25) is 34.3 Å². The zero-order valence-corrected chi connectivity index (χ0v) is 33.7. The summed E-state index contributed by atoms with van der Waals surface area (Å²) in [6, 6.07) is 16.0. The number of halogens is 2. The number of hydrogen-bond acceptors (Lipinski definition) is 7. The zero-order valence-electron chi connectivity index (χ0n) is 33.7. The number of aromatic nitrogens is 2. The van der Waals surface area contributed by atoms with Crippen LogP contribution in [0.4, 0.5) is 20.2 Å². The molecule has 0 aliphatic carbocycles. The molecular weight excluding hydrogens is 769 g/mol. The smallest absolute Gasteiger partial charge is 0.264 e. The highest BCUT2D eigenvalue weighted by Gasteiger charge is 2.39. The van der Waals surface area contributed by atoms with Crippen LogP contribution in [0.5, 0.6) is 0 Å². The first-order valence-electron chi connectivity index (χ1n) is 19.8. The minimum absolute atomic E-state index is 0.000779. The van der Waals surface area contributed by atoms with E-state index in [1.165, 1.54) is 4.90 Å². The number of piperidine rings is 1. The molecule has 3 aromatic carbocycles. The predicted molar refractivity (Wildman–Crippen MR) is 224 cm³/mol. The first kappa shape index (κ1) is 41.3. The normalized spacial score (nSPS) is 15.6. The maximum Gasteiger partial charge on any atom is 0.264 e. The summed E-state index contributed by atoms with van der Waals surface area (Å²) in [5.74, 6) is 5.09. The van der Waals surface area contributed by atoms with Gasteiger partial charge in [0.25, 0.3) is 18.2 Å². The molecule has 1 fully saturated rings. The zero-order chi connectivity index (χ0) is 42.7. The van der Waals surface area contributed by atoms with Gasteiger partial charge in [0.05, 0.1) is 5.56 Å². The van der Waals surface area contributed by atoms with Crippen molar-refractivity contribution in [2.45, 2.75) is 71.4 Å². The molecule has 0 spiro atoms. The van der Waals surface area contributed by atoms with E-state index in [-0.39, 0.29) is 35.6 Å². The molecule has 8 rings (SSSR count). The molecule has 0 bridgehead atoms. The largest absolute Gasteiger partial charge is 0.360 e. The Labute approximate surface area is 346 Å². The van der Waals surface area contributed by atoms with Gasteiger partial charge in [0.2, 0.25) is 18.2 Å². The molecule has 12 nitrogen and oxygen atoms in total. The Morgan fingerprint density at radius 3 is 2.57 bits per heavy atom. The fourth-order valence-electron chi connectivity index (χ4n) is 8.01. The number of rotatable bonds is 9. The number of nitrogens with zero attached hydrogens (tertiary/aromatic N) is 3. The monoisotopic (exact) mass is 813 g/mol. The lowest BCUT2D eigenvalue weighted by Crippen LogP contribution is -2.52. The predicted octanol–water partition coefficient (Wildman–Crippen LogP) is 6.59. The second-order valence-electron chi connectivity index (χ2n) is 15.2. The Morgan fingerprint density at radius 2 is 1.87 bits per heavy atom. The minimum atomic E-state index is -2.61. The van der Waals surface area contributed by atoms with Crippen LogP contribution in [0, 0.1) is 18.8 Å². The lowest BCUT2D eigenvalue weighted by atomic mass is 9.96. The van der Waals surface area contributed by atoms with Crippen molar-refractivity contribution in [3.8, 4) is 23.0 Å². The first-order valence-corrected chi connectivity index (χ1v) is 19.8. The van der Waals surface area contributed by atoms with Crippen LogP contribution in [0.15, 0.2) is 67.0 Å². The van der Waals surface area contributed by atoms with Crippen molar-refractivity contribution in [1.82, 2.24) is 30.8 Å². The topological polar surface area (TPSA) is 157 Å². The van der Waals surface area contributed by atoms with Crippen molar-refractivity contribution < 1.29 is 32.8 Å². The Kier molecular flexibility index (Phi) is 12.1. The van der Waals surface area contributed by atoms with Crippen LogP contribution in [0.3, 0.4) is 0 Å². The number of pyridine rings is 1. The molecule has 60 heavy (non-hydrogen) atoms. The molecule has 4 N–H and O–H groups in total. The molecule has 0 radical (unpaired) electrons. The molecule has 2 aromatic heterocycles. The van der Waals surface area contributed by atoms with Gasteiger partial charge >= 0.3 is 0 Å². The molecular formula is C46H45F2N7O5. The van der Waals surface area contributed by atoms with E-state index in [2.05, 4.69) is 62.6 Å². The van der Waals surface area contributed by atoms with E-state index in [0.717, 1.165) is 56.6 Å². The average Bonchev–Trinajstić information content (AvgIpc) is 3.95. The number of nitrogens with one attached hydrogen (secondary N) is 4. The summed E-state index contributed by atoms with van der Waals surface area (Å²) in [7, 11) is 1.61. The fourth-order valence-corrected chi connectivity index (χ4v) is 8.01. The highest BCUT2D eigenvalue weighted by Crippen LogP contribution is 2.44. The number of imide groups is 1. The van der Waals surface area contributed by atoms with E-state index < -0.39 is 18.4 Å². The van der Waals surface area contributed by atoms with E-state index in [1.807, 2.05) is 37.3 Å². The van der Waals surface area contributed by atoms with Crippen molar-refractivity contribution in [3.63, 3.8) is 0 Å². The number of hydrogen-bond donors (Lipinski definition) is 4. The number of aromatic amines is 1. The van der Waals surface area contributed by atoms with Gasteiger partial charge in [0.1, 0.15) is 6.04 Å². The number of amides is 5. The molecule has 5 aromatic rings. The molecule has 308 valence electrons. The Bertz CT molecular complexity index is 2570. The Balaban J connectivity index is 0.000000192. The number of carbonyl (C=O) groups excluding carboxylic acids is 5. The highest BCUT2D eigenvalue weighted by atomic mass is 19.3. The third-order valence-corrected chi connectivity index (χ3v) is 11.1. The van der Waals surface area contributed by atoms with Gasteiger partial charge in [-0.1, -0.05) is 37.8 Å². The summed E-state index contributed by atoms with van der Waals surface area (Å²) < 4.78 is 28.4. The Hall–Kier alpha value is -6.88. The molecule has 5 heterocycles. The van der Waals surface area contributed by atoms with E-state index in [1.54, 1.807) is 37.6 Å². The van der Waals surface area contributed by atoms with Crippen LogP contribution in [-0.4, -0.2) is 71.1 Å². The number of fused-ring (bicyclic) bond motifs is 3. The summed E-state index contributed by atoms with van der Waals surface area (Å²) in [6.45, 7) is 7.53. The van der Waals surface area contributed by atoms with Gasteiger partial charge < -0.3 is 25.4 Å². The van der Waals surface area contributed by atoms with Crippen LogP contribution < -0.4 is 20.9 Å². The van der Waals surface area contributed by atoms with E-state index in [0.29, 0.717) is 61.1 Å². The van der Waals surface area contributed by atoms with Crippen LogP contribution in [0.25, 0.3) is 22.0 Å². The quantitative estimate of drug-likeness (QED) is 0.0567. The maximum absolute atomic E-state index is 14.2. The van der Waals surface area contributed by atoms with Gasteiger partial charge in [-0.05, 0) is 90.4 Å². The lowest BCUT2D eigenvalue weighted by Gasteiger charge is -2.29. The molecule has 3 aliphatic rings. The molecule has 1 saturated heterocycles. The van der Waals surface area contributed by atoms with E-state index in [9.17, 15) is 32.8 Å². The van der Waals surface area contributed by atoms with Gasteiger partial charge in [0, 0.05) is 102 Å². The van der Waals surface area contributed by atoms with Crippen molar-refractivity contribution >= 4 is 52.3 Å².